The van der Waals surface area contributed by atoms with E-state index in [1.807, 2.05) is 0 Å². The van der Waals surface area contributed by atoms with Crippen LogP contribution in [-0.2, 0) is 6.54 Å². The smallest absolute Gasteiger partial charge is 0.170 e. The molecule has 0 atom stereocenters. The molecular formula is C14H12Cl2FN3O. The van der Waals surface area contributed by atoms with E-state index in [0.717, 1.165) is 0 Å². The highest BCUT2D eigenvalue weighted by Crippen LogP contribution is 2.30. The van der Waals surface area contributed by atoms with Gasteiger partial charge < -0.3 is 16.3 Å². The van der Waals surface area contributed by atoms with Gasteiger partial charge >= 0.3 is 0 Å². The Bertz CT molecular complexity index is 672. The molecule has 0 saturated heterocycles. The summed E-state index contributed by atoms with van der Waals surface area (Å²) in [6, 6.07) is 9.16. The zero-order valence-corrected chi connectivity index (χ0v) is 12.3. The lowest BCUT2D eigenvalue weighted by Gasteiger charge is -2.13. The fourth-order valence-electron chi connectivity index (χ4n) is 1.85. The molecule has 2 rings (SSSR count). The maximum atomic E-state index is 13.3. The Morgan fingerprint density at radius 1 is 1.24 bits per heavy atom. The second kappa shape index (κ2) is 6.65. The van der Waals surface area contributed by atoms with E-state index in [0.29, 0.717) is 26.9 Å². The Morgan fingerprint density at radius 2 is 1.90 bits per heavy atom. The van der Waals surface area contributed by atoms with Crippen molar-refractivity contribution >= 4 is 34.7 Å². The molecule has 0 bridgehead atoms. The maximum absolute atomic E-state index is 13.3. The first-order valence-corrected chi connectivity index (χ1v) is 6.72. The van der Waals surface area contributed by atoms with Crippen LogP contribution in [0.4, 0.5) is 10.1 Å². The first-order chi connectivity index (χ1) is 10.0. The second-order valence-corrected chi connectivity index (χ2v) is 5.05. The average Bonchev–Trinajstić information content (AvgIpc) is 2.47. The molecule has 7 heteroatoms. The molecule has 0 aliphatic heterocycles. The number of rotatable bonds is 4. The molecule has 2 aromatic carbocycles. The van der Waals surface area contributed by atoms with Gasteiger partial charge in [-0.05, 0) is 29.8 Å². The average molecular weight is 328 g/mol. The molecule has 110 valence electrons. The van der Waals surface area contributed by atoms with Gasteiger partial charge in [0.25, 0.3) is 0 Å². The van der Waals surface area contributed by atoms with E-state index in [-0.39, 0.29) is 12.4 Å². The third kappa shape index (κ3) is 3.56. The summed E-state index contributed by atoms with van der Waals surface area (Å²) >= 11 is 12.1. The zero-order chi connectivity index (χ0) is 15.4. The number of hydrogen-bond acceptors (Lipinski definition) is 3. The summed E-state index contributed by atoms with van der Waals surface area (Å²) in [5, 5.41) is 15.6. The summed E-state index contributed by atoms with van der Waals surface area (Å²) in [6.45, 7) is 0.287. The SMILES string of the molecule is NC(=NO)c1cc(F)ccc1CNc1c(Cl)cccc1Cl. The van der Waals surface area contributed by atoms with Crippen molar-refractivity contribution < 1.29 is 9.60 Å². The molecule has 0 spiro atoms. The van der Waals surface area contributed by atoms with Crippen molar-refractivity contribution in [2.75, 3.05) is 5.32 Å². The quantitative estimate of drug-likeness (QED) is 0.346. The molecule has 0 fully saturated rings. The molecule has 0 aliphatic carbocycles. The molecule has 4 N–H and O–H groups in total. The van der Waals surface area contributed by atoms with Crippen LogP contribution in [0.25, 0.3) is 0 Å². The largest absolute Gasteiger partial charge is 0.409 e. The predicted molar refractivity (Wildman–Crippen MR) is 82.7 cm³/mol. The Balaban J connectivity index is 2.28. The fraction of sp³-hybridized carbons (Fsp3) is 0.0714. The van der Waals surface area contributed by atoms with Crippen molar-refractivity contribution in [3.05, 3.63) is 63.4 Å². The van der Waals surface area contributed by atoms with Gasteiger partial charge in [-0.1, -0.05) is 40.5 Å². The Hall–Kier alpha value is -1.98. The van der Waals surface area contributed by atoms with Gasteiger partial charge in [0.15, 0.2) is 5.84 Å². The molecule has 21 heavy (non-hydrogen) atoms. The third-order valence-electron chi connectivity index (χ3n) is 2.87. The monoisotopic (exact) mass is 327 g/mol. The molecule has 0 amide bonds. The number of anilines is 1. The number of para-hydroxylation sites is 1. The van der Waals surface area contributed by atoms with Crippen LogP contribution in [0.15, 0.2) is 41.6 Å². The van der Waals surface area contributed by atoms with Crippen LogP contribution in [0, 0.1) is 5.82 Å². The van der Waals surface area contributed by atoms with Crippen LogP contribution >= 0.6 is 23.2 Å². The molecular weight excluding hydrogens is 316 g/mol. The van der Waals surface area contributed by atoms with Crippen molar-refractivity contribution in [1.82, 2.24) is 0 Å². The highest BCUT2D eigenvalue weighted by molar-refractivity contribution is 6.39. The Morgan fingerprint density at radius 3 is 2.52 bits per heavy atom. The number of nitrogens with zero attached hydrogens (tertiary/aromatic N) is 1. The number of nitrogens with two attached hydrogens (primary N) is 1. The van der Waals surface area contributed by atoms with Gasteiger partial charge in [0, 0.05) is 12.1 Å². The predicted octanol–water partition coefficient (Wildman–Crippen LogP) is 3.84. The van der Waals surface area contributed by atoms with E-state index in [2.05, 4.69) is 10.5 Å². The normalized spacial score (nSPS) is 11.5. The van der Waals surface area contributed by atoms with Crippen LogP contribution in [0.2, 0.25) is 10.0 Å². The van der Waals surface area contributed by atoms with Crippen molar-refractivity contribution in [2.24, 2.45) is 10.9 Å². The van der Waals surface area contributed by atoms with Crippen LogP contribution < -0.4 is 11.1 Å². The van der Waals surface area contributed by atoms with Crippen molar-refractivity contribution in [2.45, 2.75) is 6.54 Å². The number of hydrogen-bond donors (Lipinski definition) is 3. The fourth-order valence-corrected chi connectivity index (χ4v) is 2.38. The molecule has 0 aromatic heterocycles. The molecule has 0 radical (unpaired) electrons. The van der Waals surface area contributed by atoms with E-state index < -0.39 is 5.82 Å². The zero-order valence-electron chi connectivity index (χ0n) is 10.8. The molecule has 0 aliphatic rings. The van der Waals surface area contributed by atoms with Crippen molar-refractivity contribution in [3.8, 4) is 0 Å². The Kier molecular flexibility index (Phi) is 4.88. The Labute approximate surface area is 131 Å². The van der Waals surface area contributed by atoms with E-state index in [4.69, 9.17) is 34.1 Å². The van der Waals surface area contributed by atoms with Gasteiger partial charge in [0.2, 0.25) is 0 Å². The minimum atomic E-state index is -0.476. The third-order valence-corrected chi connectivity index (χ3v) is 3.50. The summed E-state index contributed by atoms with van der Waals surface area (Å²) in [6.07, 6.45) is 0. The van der Waals surface area contributed by atoms with Crippen LogP contribution in [-0.4, -0.2) is 11.0 Å². The number of benzene rings is 2. The standard InChI is InChI=1S/C14H12Cl2FN3O/c15-11-2-1-3-12(16)13(11)19-7-8-4-5-9(17)6-10(8)14(18)20-21/h1-6,19,21H,7H2,(H2,18,20). The van der Waals surface area contributed by atoms with Gasteiger partial charge in [-0.2, -0.15) is 0 Å². The first kappa shape index (κ1) is 15.4. The number of amidine groups is 1. The number of nitrogens with one attached hydrogen (secondary N) is 1. The van der Waals surface area contributed by atoms with Crippen molar-refractivity contribution in [3.63, 3.8) is 0 Å². The van der Waals surface area contributed by atoms with Crippen LogP contribution in [0.3, 0.4) is 0 Å². The van der Waals surface area contributed by atoms with E-state index >= 15 is 0 Å². The summed E-state index contributed by atoms with van der Waals surface area (Å²) in [7, 11) is 0. The van der Waals surface area contributed by atoms with E-state index in [1.54, 1.807) is 24.3 Å². The number of halogens is 3. The maximum Gasteiger partial charge on any atom is 0.170 e. The van der Waals surface area contributed by atoms with Gasteiger partial charge in [-0.25, -0.2) is 4.39 Å². The molecule has 0 saturated carbocycles. The van der Waals surface area contributed by atoms with Crippen LogP contribution in [0.1, 0.15) is 11.1 Å². The lowest BCUT2D eigenvalue weighted by Crippen LogP contribution is -2.17. The minimum Gasteiger partial charge on any atom is -0.409 e. The van der Waals surface area contributed by atoms with Crippen molar-refractivity contribution in [1.29, 1.82) is 0 Å². The molecule has 0 heterocycles. The summed E-state index contributed by atoms with van der Waals surface area (Å²) in [5.74, 6) is -0.646. The highest BCUT2D eigenvalue weighted by atomic mass is 35.5. The van der Waals surface area contributed by atoms with Crippen LogP contribution in [0.5, 0.6) is 0 Å². The summed E-state index contributed by atoms with van der Waals surface area (Å²) in [4.78, 5) is 0. The molecule has 2 aromatic rings. The summed E-state index contributed by atoms with van der Waals surface area (Å²) < 4.78 is 13.3. The van der Waals surface area contributed by atoms with E-state index in [9.17, 15) is 4.39 Å². The summed E-state index contributed by atoms with van der Waals surface area (Å²) in [5.41, 5.74) is 7.05. The molecule has 4 nitrogen and oxygen atoms in total. The van der Waals surface area contributed by atoms with Gasteiger partial charge in [0.1, 0.15) is 5.82 Å². The number of oxime groups is 1. The lowest BCUT2D eigenvalue weighted by molar-refractivity contribution is 0.318. The van der Waals surface area contributed by atoms with Gasteiger partial charge in [-0.15, -0.1) is 0 Å². The first-order valence-electron chi connectivity index (χ1n) is 5.97. The lowest BCUT2D eigenvalue weighted by atomic mass is 10.1. The topological polar surface area (TPSA) is 70.6 Å². The molecule has 0 unspecified atom stereocenters. The minimum absolute atomic E-state index is 0.170. The van der Waals surface area contributed by atoms with Gasteiger partial charge in [-0.3, -0.25) is 0 Å². The van der Waals surface area contributed by atoms with E-state index in [1.165, 1.54) is 12.1 Å². The highest BCUT2D eigenvalue weighted by Gasteiger charge is 2.10. The van der Waals surface area contributed by atoms with Gasteiger partial charge in [0.05, 0.1) is 15.7 Å². The second-order valence-electron chi connectivity index (χ2n) is 4.24.